The molecule has 9 heteroatoms. The highest BCUT2D eigenvalue weighted by Gasteiger charge is 2.36. The largest absolute Gasteiger partial charge is 0.481 e. The maximum absolute atomic E-state index is 12.5. The first-order valence-electron chi connectivity index (χ1n) is 11.1. The molecule has 1 aromatic heterocycles. The molecule has 0 radical (unpaired) electrons. The van der Waals surface area contributed by atoms with Crippen molar-refractivity contribution >= 4 is 18.0 Å². The summed E-state index contributed by atoms with van der Waals surface area (Å²) in [4.78, 5) is 35.8. The van der Waals surface area contributed by atoms with Crippen molar-refractivity contribution in [3.05, 3.63) is 77.2 Å². The van der Waals surface area contributed by atoms with Crippen molar-refractivity contribution in [1.82, 2.24) is 15.8 Å². The first-order chi connectivity index (χ1) is 16.5. The van der Waals surface area contributed by atoms with E-state index in [2.05, 4.69) is 27.9 Å². The topological polar surface area (TPSA) is 131 Å². The van der Waals surface area contributed by atoms with Gasteiger partial charge in [0.15, 0.2) is 0 Å². The normalized spacial score (nSPS) is 18.4. The number of hydrogen-bond acceptors (Lipinski definition) is 6. The van der Waals surface area contributed by atoms with E-state index in [1.165, 1.54) is 6.26 Å². The number of carbonyl (C=O) groups is 3. The van der Waals surface area contributed by atoms with Gasteiger partial charge in [0.05, 0.1) is 12.5 Å². The van der Waals surface area contributed by atoms with Crippen LogP contribution in [0.2, 0.25) is 0 Å². The Labute approximate surface area is 195 Å². The van der Waals surface area contributed by atoms with E-state index in [-0.39, 0.29) is 36.4 Å². The Morgan fingerprint density at radius 3 is 2.32 bits per heavy atom. The summed E-state index contributed by atoms with van der Waals surface area (Å²) in [5, 5.41) is 18.1. The summed E-state index contributed by atoms with van der Waals surface area (Å²) in [6.07, 6.45) is 1.36. The standard InChI is InChI=1S/C25H23N3O6/c29-23(27-15-9-14(10-15)24(30)31)21-13-34-28-22(21)11-26-25(32)33-12-20-18-7-3-1-5-16(18)17-6-2-4-8-19(17)20/h1-8,13-15,20H,9-12H2,(H,26,32)(H,27,29)(H,30,31). The lowest BCUT2D eigenvalue weighted by Gasteiger charge is -2.32. The Balaban J connectivity index is 1.15. The lowest BCUT2D eigenvalue weighted by molar-refractivity contribution is -0.145. The number of amides is 2. The molecule has 174 valence electrons. The molecule has 5 rings (SSSR count). The average molecular weight is 461 g/mol. The molecule has 0 unspecified atom stereocenters. The molecule has 0 aliphatic heterocycles. The van der Waals surface area contributed by atoms with Gasteiger partial charge in [0.1, 0.15) is 24.1 Å². The molecular weight excluding hydrogens is 438 g/mol. The highest BCUT2D eigenvalue weighted by atomic mass is 16.5. The van der Waals surface area contributed by atoms with Crippen LogP contribution in [0.15, 0.2) is 59.3 Å². The smallest absolute Gasteiger partial charge is 0.407 e. The highest BCUT2D eigenvalue weighted by molar-refractivity contribution is 5.95. The van der Waals surface area contributed by atoms with Crippen LogP contribution in [0.4, 0.5) is 4.79 Å². The summed E-state index contributed by atoms with van der Waals surface area (Å²) in [5.74, 6) is -1.76. The van der Waals surface area contributed by atoms with Crippen LogP contribution in [0.25, 0.3) is 11.1 Å². The van der Waals surface area contributed by atoms with Crippen molar-refractivity contribution in [2.45, 2.75) is 31.3 Å². The van der Waals surface area contributed by atoms with E-state index in [1.54, 1.807) is 0 Å². The van der Waals surface area contributed by atoms with E-state index in [4.69, 9.17) is 14.4 Å². The van der Waals surface area contributed by atoms with E-state index in [0.29, 0.717) is 12.8 Å². The molecule has 9 nitrogen and oxygen atoms in total. The minimum absolute atomic E-state index is 0.0433. The second-order valence-corrected chi connectivity index (χ2v) is 8.53. The van der Waals surface area contributed by atoms with Crippen molar-refractivity contribution in [2.24, 2.45) is 5.92 Å². The molecule has 34 heavy (non-hydrogen) atoms. The van der Waals surface area contributed by atoms with Gasteiger partial charge >= 0.3 is 12.1 Å². The number of ether oxygens (including phenoxy) is 1. The Morgan fingerprint density at radius 1 is 1.03 bits per heavy atom. The molecule has 3 N–H and O–H groups in total. The zero-order valence-electron chi connectivity index (χ0n) is 18.2. The second kappa shape index (κ2) is 9.01. The predicted molar refractivity (Wildman–Crippen MR) is 120 cm³/mol. The Morgan fingerprint density at radius 2 is 1.68 bits per heavy atom. The van der Waals surface area contributed by atoms with Crippen molar-refractivity contribution < 1.29 is 28.8 Å². The summed E-state index contributed by atoms with van der Waals surface area (Å²) in [6, 6.07) is 15.9. The monoisotopic (exact) mass is 461 g/mol. The minimum Gasteiger partial charge on any atom is -0.481 e. The molecule has 3 aromatic rings. The third-order valence-electron chi connectivity index (χ3n) is 6.46. The maximum Gasteiger partial charge on any atom is 0.407 e. The summed E-state index contributed by atoms with van der Waals surface area (Å²) < 4.78 is 10.4. The number of rotatable bonds is 7. The Bertz CT molecular complexity index is 1200. The minimum atomic E-state index is -0.858. The molecule has 2 amide bonds. The summed E-state index contributed by atoms with van der Waals surface area (Å²) in [5.41, 5.74) is 4.98. The summed E-state index contributed by atoms with van der Waals surface area (Å²) in [7, 11) is 0. The van der Waals surface area contributed by atoms with E-state index >= 15 is 0 Å². The van der Waals surface area contributed by atoms with Crippen LogP contribution in [0.3, 0.4) is 0 Å². The number of nitrogens with zero attached hydrogens (tertiary/aromatic N) is 1. The zero-order chi connectivity index (χ0) is 23.7. The molecule has 2 aliphatic carbocycles. The number of carboxylic acids is 1. The average Bonchev–Trinajstić information content (AvgIpc) is 3.41. The van der Waals surface area contributed by atoms with E-state index < -0.39 is 23.9 Å². The number of benzene rings is 2. The summed E-state index contributed by atoms with van der Waals surface area (Å²) >= 11 is 0. The van der Waals surface area contributed by atoms with Gasteiger partial charge in [0.25, 0.3) is 5.91 Å². The van der Waals surface area contributed by atoms with Crippen molar-refractivity contribution in [3.63, 3.8) is 0 Å². The molecule has 0 spiro atoms. The first kappa shape index (κ1) is 21.7. The number of hydrogen-bond donors (Lipinski definition) is 3. The van der Waals surface area contributed by atoms with Crippen LogP contribution in [-0.4, -0.2) is 40.9 Å². The lowest BCUT2D eigenvalue weighted by atomic mass is 9.80. The number of alkyl carbamates (subject to hydrolysis) is 1. The van der Waals surface area contributed by atoms with Crippen molar-refractivity contribution in [3.8, 4) is 11.1 Å². The molecular formula is C25H23N3O6. The van der Waals surface area contributed by atoms with Gasteiger partial charge in [-0.2, -0.15) is 0 Å². The number of nitrogens with one attached hydrogen (secondary N) is 2. The fourth-order valence-electron chi connectivity index (χ4n) is 4.58. The SMILES string of the molecule is O=C(NCc1nocc1C(=O)NC1CC(C(=O)O)C1)OCC1c2ccccc2-c2ccccc21. The number of carboxylic acid groups (broad SMARTS) is 1. The van der Waals surface area contributed by atoms with Crippen LogP contribution >= 0.6 is 0 Å². The van der Waals surface area contributed by atoms with Crippen LogP contribution in [0.1, 0.15) is 45.9 Å². The molecule has 0 atom stereocenters. The number of carbonyl (C=O) groups excluding carboxylic acids is 2. The molecule has 1 heterocycles. The third kappa shape index (κ3) is 4.12. The molecule has 2 aromatic carbocycles. The summed E-state index contributed by atoms with van der Waals surface area (Å²) in [6.45, 7) is 0.136. The zero-order valence-corrected chi connectivity index (χ0v) is 18.2. The fraction of sp³-hybridized carbons (Fsp3) is 0.280. The van der Waals surface area contributed by atoms with Gasteiger partial charge in [0, 0.05) is 12.0 Å². The van der Waals surface area contributed by atoms with Crippen LogP contribution in [-0.2, 0) is 16.1 Å². The van der Waals surface area contributed by atoms with Crippen molar-refractivity contribution in [2.75, 3.05) is 6.61 Å². The molecule has 2 aliphatic rings. The first-order valence-corrected chi connectivity index (χ1v) is 11.1. The fourth-order valence-corrected chi connectivity index (χ4v) is 4.58. The Kier molecular flexibility index (Phi) is 5.75. The number of aromatic nitrogens is 1. The van der Waals surface area contributed by atoms with Crippen LogP contribution < -0.4 is 10.6 Å². The van der Waals surface area contributed by atoms with E-state index in [0.717, 1.165) is 22.3 Å². The van der Waals surface area contributed by atoms with Gasteiger partial charge in [0.2, 0.25) is 0 Å². The molecule has 1 fully saturated rings. The van der Waals surface area contributed by atoms with Gasteiger partial charge in [-0.05, 0) is 35.1 Å². The van der Waals surface area contributed by atoms with Crippen molar-refractivity contribution in [1.29, 1.82) is 0 Å². The molecule has 0 bridgehead atoms. The van der Waals surface area contributed by atoms with Gasteiger partial charge in [-0.25, -0.2) is 4.79 Å². The molecule has 0 saturated heterocycles. The van der Waals surface area contributed by atoms with Gasteiger partial charge < -0.3 is 25.0 Å². The predicted octanol–water partition coefficient (Wildman–Crippen LogP) is 3.31. The van der Waals surface area contributed by atoms with Gasteiger partial charge in [-0.1, -0.05) is 53.7 Å². The van der Waals surface area contributed by atoms with Crippen LogP contribution in [0, 0.1) is 5.92 Å². The van der Waals surface area contributed by atoms with Gasteiger partial charge in [-0.15, -0.1) is 0 Å². The lowest BCUT2D eigenvalue weighted by Crippen LogP contribution is -2.46. The highest BCUT2D eigenvalue weighted by Crippen LogP contribution is 2.44. The molecule has 1 saturated carbocycles. The van der Waals surface area contributed by atoms with Gasteiger partial charge in [-0.3, -0.25) is 9.59 Å². The Hall–Kier alpha value is -4.14. The number of fused-ring (bicyclic) bond motifs is 3. The van der Waals surface area contributed by atoms with E-state index in [1.807, 2.05) is 36.4 Å². The second-order valence-electron chi connectivity index (χ2n) is 8.53. The number of aliphatic carboxylic acids is 1. The van der Waals surface area contributed by atoms with E-state index in [9.17, 15) is 14.4 Å². The quantitative estimate of drug-likeness (QED) is 0.492. The third-order valence-corrected chi connectivity index (χ3v) is 6.46. The maximum atomic E-state index is 12.5. The van der Waals surface area contributed by atoms with Crippen LogP contribution in [0.5, 0.6) is 0 Å².